The van der Waals surface area contributed by atoms with E-state index < -0.39 is 6.04 Å². The molecule has 0 unspecified atom stereocenters. The zero-order valence-corrected chi connectivity index (χ0v) is 16.5. The van der Waals surface area contributed by atoms with Crippen molar-refractivity contribution >= 4 is 11.8 Å². The molecule has 146 valence electrons. The molecule has 8 nitrogen and oxygen atoms in total. The quantitative estimate of drug-likeness (QED) is 0.745. The van der Waals surface area contributed by atoms with Gasteiger partial charge in [0.25, 0.3) is 0 Å². The van der Waals surface area contributed by atoms with E-state index in [2.05, 4.69) is 34.2 Å². The van der Waals surface area contributed by atoms with Crippen LogP contribution in [-0.2, 0) is 22.6 Å². The van der Waals surface area contributed by atoms with Gasteiger partial charge >= 0.3 is 0 Å². The number of carbonyl (C=O) groups is 2. The third-order valence-electron chi connectivity index (χ3n) is 4.56. The van der Waals surface area contributed by atoms with Crippen LogP contribution >= 0.6 is 0 Å². The number of piperazine rings is 1. The summed E-state index contributed by atoms with van der Waals surface area (Å²) < 4.78 is 5.24. The maximum Gasteiger partial charge on any atom is 0.237 e. The van der Waals surface area contributed by atoms with Crippen molar-refractivity contribution in [3.05, 3.63) is 11.7 Å². The molecule has 8 heteroatoms. The molecule has 1 aliphatic heterocycles. The molecule has 1 aromatic rings. The van der Waals surface area contributed by atoms with Crippen molar-refractivity contribution in [1.82, 2.24) is 25.3 Å². The van der Waals surface area contributed by atoms with Crippen LogP contribution in [0.5, 0.6) is 0 Å². The van der Waals surface area contributed by atoms with E-state index in [4.69, 9.17) is 4.52 Å². The fourth-order valence-electron chi connectivity index (χ4n) is 3.19. The average molecular weight is 365 g/mol. The van der Waals surface area contributed by atoms with Crippen LogP contribution in [0.3, 0.4) is 0 Å². The van der Waals surface area contributed by atoms with E-state index in [9.17, 15) is 9.59 Å². The summed E-state index contributed by atoms with van der Waals surface area (Å²) in [7, 11) is 0. The molecule has 0 aliphatic carbocycles. The highest BCUT2D eigenvalue weighted by Gasteiger charge is 2.34. The molecule has 0 saturated carbocycles. The molecule has 2 heterocycles. The third kappa shape index (κ3) is 5.27. The van der Waals surface area contributed by atoms with Gasteiger partial charge in [0.1, 0.15) is 0 Å². The van der Waals surface area contributed by atoms with Crippen molar-refractivity contribution in [3.63, 3.8) is 0 Å². The Morgan fingerprint density at radius 1 is 1.38 bits per heavy atom. The molecule has 2 amide bonds. The zero-order chi connectivity index (χ0) is 19.3. The van der Waals surface area contributed by atoms with Crippen LogP contribution in [0.4, 0.5) is 0 Å². The summed E-state index contributed by atoms with van der Waals surface area (Å²) in [5.41, 5.74) is 0. The molecule has 0 radical (unpaired) electrons. The first-order chi connectivity index (χ1) is 12.3. The number of amides is 2. The number of hydrogen-bond donors (Lipinski definition) is 1. The first-order valence-corrected chi connectivity index (χ1v) is 9.44. The van der Waals surface area contributed by atoms with E-state index >= 15 is 0 Å². The predicted octanol–water partition coefficient (Wildman–Crippen LogP) is 1.22. The second-order valence-electron chi connectivity index (χ2n) is 7.45. The second kappa shape index (κ2) is 9.12. The van der Waals surface area contributed by atoms with Gasteiger partial charge in [0, 0.05) is 32.1 Å². The number of rotatable bonds is 8. The number of carbonyl (C=O) groups excluding carboxylic acids is 2. The maximum atomic E-state index is 12.8. The Bertz CT molecular complexity index is 614. The highest BCUT2D eigenvalue weighted by molar-refractivity contribution is 5.88. The number of nitrogens with zero attached hydrogens (tertiary/aromatic N) is 4. The fraction of sp³-hybridized carbons (Fsp3) is 0.778. The van der Waals surface area contributed by atoms with Crippen molar-refractivity contribution < 1.29 is 14.1 Å². The van der Waals surface area contributed by atoms with Crippen LogP contribution in [0.1, 0.15) is 52.8 Å². The van der Waals surface area contributed by atoms with Crippen LogP contribution in [-0.4, -0.2) is 63.5 Å². The minimum atomic E-state index is -0.424. The molecule has 1 aliphatic rings. The summed E-state index contributed by atoms with van der Waals surface area (Å²) in [6.07, 6.45) is 0.882. The number of nitrogens with one attached hydrogen (secondary N) is 1. The van der Waals surface area contributed by atoms with Crippen LogP contribution < -0.4 is 5.32 Å². The summed E-state index contributed by atoms with van der Waals surface area (Å²) in [6.45, 7) is 12.4. The molecule has 1 aromatic heterocycles. The minimum absolute atomic E-state index is 0.0737. The lowest BCUT2D eigenvalue weighted by atomic mass is 10.1. The Labute approximate surface area is 155 Å². The standard InChI is InChI=1S/C18H31N5O3/c1-6-22(11-15-20-16(26-21-15)9-12(2)3)17(24)10-14-18(25)19-7-8-23(14)13(4)5/h12-14H,6-11H2,1-5H3,(H,19,25)/t14-/m0/s1. The van der Waals surface area contributed by atoms with Gasteiger partial charge < -0.3 is 14.7 Å². The lowest BCUT2D eigenvalue weighted by Crippen LogP contribution is -2.58. The molecule has 0 spiro atoms. The monoisotopic (exact) mass is 365 g/mol. The molecular formula is C18H31N5O3. The Morgan fingerprint density at radius 2 is 2.12 bits per heavy atom. The molecule has 1 N–H and O–H groups in total. The topological polar surface area (TPSA) is 91.6 Å². The summed E-state index contributed by atoms with van der Waals surface area (Å²) in [4.78, 5) is 33.2. The fourth-order valence-corrected chi connectivity index (χ4v) is 3.19. The molecule has 2 rings (SSSR count). The molecule has 0 bridgehead atoms. The van der Waals surface area contributed by atoms with E-state index in [1.807, 2.05) is 20.8 Å². The Kier molecular flexibility index (Phi) is 7.14. The smallest absolute Gasteiger partial charge is 0.237 e. The molecule has 1 saturated heterocycles. The third-order valence-corrected chi connectivity index (χ3v) is 4.56. The first kappa shape index (κ1) is 20.4. The first-order valence-electron chi connectivity index (χ1n) is 9.44. The van der Waals surface area contributed by atoms with Gasteiger partial charge in [-0.25, -0.2) is 0 Å². The SMILES string of the molecule is CCN(Cc1noc(CC(C)C)n1)C(=O)C[C@H]1C(=O)NCCN1C(C)C. The van der Waals surface area contributed by atoms with E-state index in [1.165, 1.54) is 0 Å². The minimum Gasteiger partial charge on any atom is -0.353 e. The summed E-state index contributed by atoms with van der Waals surface area (Å²) in [5, 5.41) is 6.83. The zero-order valence-electron chi connectivity index (χ0n) is 16.5. The van der Waals surface area contributed by atoms with Gasteiger partial charge in [-0.15, -0.1) is 0 Å². The van der Waals surface area contributed by atoms with Gasteiger partial charge in [0.15, 0.2) is 5.82 Å². The van der Waals surface area contributed by atoms with E-state index in [1.54, 1.807) is 4.90 Å². The lowest BCUT2D eigenvalue weighted by Gasteiger charge is -2.38. The van der Waals surface area contributed by atoms with Crippen LogP contribution in [0, 0.1) is 5.92 Å². The van der Waals surface area contributed by atoms with Gasteiger partial charge in [-0.3, -0.25) is 14.5 Å². The molecular weight excluding hydrogens is 334 g/mol. The van der Waals surface area contributed by atoms with E-state index in [0.717, 1.165) is 13.0 Å². The number of aromatic nitrogens is 2. The van der Waals surface area contributed by atoms with Crippen LogP contribution in [0.25, 0.3) is 0 Å². The van der Waals surface area contributed by atoms with Gasteiger partial charge in [0.2, 0.25) is 17.7 Å². The maximum absolute atomic E-state index is 12.8. The highest BCUT2D eigenvalue weighted by atomic mass is 16.5. The number of hydrogen-bond acceptors (Lipinski definition) is 6. The Hall–Kier alpha value is -1.96. The summed E-state index contributed by atoms with van der Waals surface area (Å²) in [5.74, 6) is 1.38. The van der Waals surface area contributed by atoms with Crippen molar-refractivity contribution in [2.75, 3.05) is 19.6 Å². The van der Waals surface area contributed by atoms with Crippen molar-refractivity contribution in [2.24, 2.45) is 5.92 Å². The van der Waals surface area contributed by atoms with Crippen LogP contribution in [0.2, 0.25) is 0 Å². The molecule has 1 fully saturated rings. The van der Waals surface area contributed by atoms with Gasteiger partial charge in [-0.2, -0.15) is 4.98 Å². The highest BCUT2D eigenvalue weighted by Crippen LogP contribution is 2.15. The van der Waals surface area contributed by atoms with Crippen LogP contribution in [0.15, 0.2) is 4.52 Å². The largest absolute Gasteiger partial charge is 0.353 e. The van der Waals surface area contributed by atoms with Crippen molar-refractivity contribution in [2.45, 2.75) is 66.1 Å². The van der Waals surface area contributed by atoms with Crippen molar-refractivity contribution in [3.8, 4) is 0 Å². The molecule has 1 atom stereocenters. The Balaban J connectivity index is 2.01. The summed E-state index contributed by atoms with van der Waals surface area (Å²) in [6, 6.07) is -0.211. The normalized spacial score (nSPS) is 18.4. The van der Waals surface area contributed by atoms with Gasteiger partial charge in [-0.1, -0.05) is 19.0 Å². The average Bonchev–Trinajstić information content (AvgIpc) is 3.00. The lowest BCUT2D eigenvalue weighted by molar-refractivity contribution is -0.139. The Morgan fingerprint density at radius 3 is 2.73 bits per heavy atom. The van der Waals surface area contributed by atoms with Gasteiger partial charge in [0.05, 0.1) is 19.0 Å². The molecule has 26 heavy (non-hydrogen) atoms. The van der Waals surface area contributed by atoms with Gasteiger partial charge in [-0.05, 0) is 26.7 Å². The van der Waals surface area contributed by atoms with E-state index in [0.29, 0.717) is 37.3 Å². The second-order valence-corrected chi connectivity index (χ2v) is 7.45. The summed E-state index contributed by atoms with van der Waals surface area (Å²) >= 11 is 0. The predicted molar refractivity (Wildman–Crippen MR) is 97.2 cm³/mol. The molecule has 0 aromatic carbocycles. The van der Waals surface area contributed by atoms with E-state index in [-0.39, 0.29) is 24.3 Å². The van der Waals surface area contributed by atoms with Crippen molar-refractivity contribution in [1.29, 1.82) is 0 Å².